The highest BCUT2D eigenvalue weighted by molar-refractivity contribution is 6.43. The minimum atomic E-state index is -4.64. The molecule has 30 heavy (non-hydrogen) atoms. The van der Waals surface area contributed by atoms with Gasteiger partial charge in [0.25, 0.3) is 5.88 Å². The topological polar surface area (TPSA) is 91.6 Å². The van der Waals surface area contributed by atoms with Gasteiger partial charge in [0.2, 0.25) is 5.90 Å². The Morgan fingerprint density at radius 3 is 2.50 bits per heavy atom. The van der Waals surface area contributed by atoms with Gasteiger partial charge in [0, 0.05) is 18.7 Å². The van der Waals surface area contributed by atoms with Crippen LogP contribution in [0.4, 0.5) is 13.2 Å². The summed E-state index contributed by atoms with van der Waals surface area (Å²) in [7, 11) is 2.48. The lowest BCUT2D eigenvalue weighted by Gasteiger charge is -2.12. The van der Waals surface area contributed by atoms with Gasteiger partial charge in [-0.05, 0) is 22.9 Å². The zero-order chi connectivity index (χ0) is 22.1. The third kappa shape index (κ3) is 5.93. The lowest BCUT2D eigenvalue weighted by molar-refractivity contribution is -0.139. The van der Waals surface area contributed by atoms with Crippen molar-refractivity contribution in [2.75, 3.05) is 14.2 Å². The fourth-order valence-electron chi connectivity index (χ4n) is 2.26. The summed E-state index contributed by atoms with van der Waals surface area (Å²) >= 11 is 0. The van der Waals surface area contributed by atoms with Crippen LogP contribution in [0.25, 0.3) is 0 Å². The largest absolute Gasteiger partial charge is 0.474 e. The number of halogens is 3. The van der Waals surface area contributed by atoms with Crippen LogP contribution in [-0.4, -0.2) is 36.8 Å². The molecule has 160 valence electrons. The van der Waals surface area contributed by atoms with E-state index in [1.165, 1.54) is 21.1 Å². The number of carbonyl (C=O) groups excluding carboxylic acids is 1. The molecular weight excluding hydrogens is 407 g/mol. The molecule has 0 radical (unpaired) electrons. The van der Waals surface area contributed by atoms with E-state index >= 15 is 0 Å². The van der Waals surface area contributed by atoms with Crippen molar-refractivity contribution in [1.82, 2.24) is 4.98 Å². The van der Waals surface area contributed by atoms with Crippen LogP contribution in [0.2, 0.25) is 0 Å². The summed E-state index contributed by atoms with van der Waals surface area (Å²) in [6.45, 7) is 1.31. The minimum absolute atomic E-state index is 0.0631. The Labute approximate surface area is 169 Å². The van der Waals surface area contributed by atoms with Crippen molar-refractivity contribution in [3.05, 3.63) is 59.3 Å². The number of oxime groups is 2. The van der Waals surface area contributed by atoms with Crippen LogP contribution >= 0.6 is 0 Å². The Morgan fingerprint density at radius 1 is 1.10 bits per heavy atom. The van der Waals surface area contributed by atoms with Gasteiger partial charge in [-0.3, -0.25) is 0 Å². The number of nitrogens with zero attached hydrogens (tertiary/aromatic N) is 3. The SMILES string of the molecule is CO/N=C(/C(=O)OC)c1ccccc1CO/C(C)=N/Oc1ncccc1C(F)(F)F. The van der Waals surface area contributed by atoms with Gasteiger partial charge >= 0.3 is 12.1 Å². The maximum Gasteiger partial charge on any atom is 0.421 e. The van der Waals surface area contributed by atoms with Gasteiger partial charge in [-0.25, -0.2) is 9.78 Å². The highest BCUT2D eigenvalue weighted by atomic mass is 19.4. The molecule has 0 aliphatic rings. The highest BCUT2D eigenvalue weighted by Gasteiger charge is 2.35. The predicted octanol–water partition coefficient (Wildman–Crippen LogP) is 3.55. The molecule has 2 aromatic rings. The fourth-order valence-corrected chi connectivity index (χ4v) is 2.26. The van der Waals surface area contributed by atoms with E-state index in [9.17, 15) is 18.0 Å². The first-order valence-corrected chi connectivity index (χ1v) is 8.42. The van der Waals surface area contributed by atoms with Crippen LogP contribution in [-0.2, 0) is 31.9 Å². The van der Waals surface area contributed by atoms with E-state index in [1.54, 1.807) is 24.3 Å². The monoisotopic (exact) mass is 425 g/mol. The number of esters is 1. The summed E-state index contributed by atoms with van der Waals surface area (Å²) in [4.78, 5) is 25.0. The molecule has 2 rings (SSSR count). The number of rotatable bonds is 7. The molecule has 0 saturated carbocycles. The van der Waals surface area contributed by atoms with Crippen LogP contribution < -0.4 is 4.84 Å². The first-order valence-electron chi connectivity index (χ1n) is 8.42. The highest BCUT2D eigenvalue weighted by Crippen LogP contribution is 2.34. The lowest BCUT2D eigenvalue weighted by Crippen LogP contribution is -2.19. The van der Waals surface area contributed by atoms with Crippen LogP contribution in [0.3, 0.4) is 0 Å². The van der Waals surface area contributed by atoms with Gasteiger partial charge in [-0.2, -0.15) is 13.2 Å². The summed E-state index contributed by atoms with van der Waals surface area (Å²) in [5.74, 6) is -1.48. The predicted molar refractivity (Wildman–Crippen MR) is 99.8 cm³/mol. The maximum atomic E-state index is 13.0. The van der Waals surface area contributed by atoms with Gasteiger partial charge < -0.3 is 19.1 Å². The van der Waals surface area contributed by atoms with Gasteiger partial charge in [-0.15, -0.1) is 0 Å². The van der Waals surface area contributed by atoms with E-state index < -0.39 is 23.6 Å². The van der Waals surface area contributed by atoms with Gasteiger partial charge in [-0.1, -0.05) is 29.4 Å². The molecule has 0 aliphatic carbocycles. The Balaban J connectivity index is 2.15. The van der Waals surface area contributed by atoms with Crippen LogP contribution in [0.5, 0.6) is 5.88 Å². The second-order valence-corrected chi connectivity index (χ2v) is 5.62. The summed E-state index contributed by atoms with van der Waals surface area (Å²) in [5, 5.41) is 7.21. The molecule has 1 heterocycles. The van der Waals surface area contributed by atoms with E-state index in [4.69, 9.17) is 19.1 Å². The molecule has 0 aliphatic heterocycles. The van der Waals surface area contributed by atoms with E-state index in [1.807, 2.05) is 0 Å². The second kappa shape index (κ2) is 10.2. The molecule has 0 atom stereocenters. The molecular formula is C19H18F3N3O5. The molecule has 0 amide bonds. The lowest BCUT2D eigenvalue weighted by atomic mass is 10.0. The average molecular weight is 425 g/mol. The first kappa shape index (κ1) is 22.7. The molecule has 0 spiro atoms. The third-order valence-corrected chi connectivity index (χ3v) is 3.61. The van der Waals surface area contributed by atoms with Gasteiger partial charge in [0.15, 0.2) is 5.71 Å². The van der Waals surface area contributed by atoms with Gasteiger partial charge in [0.1, 0.15) is 19.3 Å². The number of benzene rings is 1. The van der Waals surface area contributed by atoms with E-state index in [2.05, 4.69) is 15.3 Å². The van der Waals surface area contributed by atoms with Crippen molar-refractivity contribution in [2.45, 2.75) is 19.7 Å². The molecule has 8 nitrogen and oxygen atoms in total. The molecule has 0 bridgehead atoms. The molecule has 0 saturated heterocycles. The van der Waals surface area contributed by atoms with E-state index in [0.29, 0.717) is 11.1 Å². The molecule has 0 unspecified atom stereocenters. The number of hydrogen-bond donors (Lipinski definition) is 0. The number of methoxy groups -OCH3 is 1. The maximum absolute atomic E-state index is 13.0. The van der Waals surface area contributed by atoms with Crippen LogP contribution in [0, 0.1) is 0 Å². The van der Waals surface area contributed by atoms with Crippen molar-refractivity contribution in [3.63, 3.8) is 0 Å². The number of pyridine rings is 1. The van der Waals surface area contributed by atoms with Crippen molar-refractivity contribution >= 4 is 17.6 Å². The number of aromatic nitrogens is 1. The van der Waals surface area contributed by atoms with Crippen LogP contribution in [0.15, 0.2) is 52.9 Å². The van der Waals surface area contributed by atoms with Crippen molar-refractivity contribution < 1.29 is 37.1 Å². The van der Waals surface area contributed by atoms with E-state index in [0.717, 1.165) is 18.3 Å². The molecule has 0 N–H and O–H groups in total. The molecule has 1 aromatic carbocycles. The summed E-state index contributed by atoms with van der Waals surface area (Å²) in [6, 6.07) is 8.62. The number of carbonyl (C=O) groups is 1. The second-order valence-electron chi connectivity index (χ2n) is 5.62. The molecule has 11 heteroatoms. The summed E-state index contributed by atoms with van der Waals surface area (Å²) < 4.78 is 49.0. The summed E-state index contributed by atoms with van der Waals surface area (Å²) in [6.07, 6.45) is -3.49. The number of alkyl halides is 3. The standard InChI is InChI=1S/C19H18F3N3O5/c1-12(24-30-17-15(19(20,21)22)9-6-10-23-17)29-11-13-7-4-5-8-14(13)16(25-28-3)18(26)27-2/h4-10H,11H2,1-3H3/b24-12+,25-16+. The third-order valence-electron chi connectivity index (χ3n) is 3.61. The normalized spacial score (nSPS) is 12.3. The zero-order valence-corrected chi connectivity index (χ0v) is 16.3. The molecule has 1 aromatic heterocycles. The number of hydrogen-bond acceptors (Lipinski definition) is 8. The summed E-state index contributed by atoms with van der Waals surface area (Å²) in [5.41, 5.74) is -0.218. The Kier molecular flexibility index (Phi) is 7.73. The van der Waals surface area contributed by atoms with Crippen LogP contribution in [0.1, 0.15) is 23.6 Å². The fraction of sp³-hybridized carbons (Fsp3) is 0.263. The average Bonchev–Trinajstić information content (AvgIpc) is 2.74. The zero-order valence-electron chi connectivity index (χ0n) is 16.3. The first-order chi connectivity index (χ1) is 14.3. The van der Waals surface area contributed by atoms with Crippen molar-refractivity contribution in [2.24, 2.45) is 10.3 Å². The Morgan fingerprint density at radius 2 is 1.83 bits per heavy atom. The quantitative estimate of drug-likeness (QED) is 0.292. The Hall–Kier alpha value is -3.63. The van der Waals surface area contributed by atoms with E-state index in [-0.39, 0.29) is 18.2 Å². The van der Waals surface area contributed by atoms with Gasteiger partial charge in [0.05, 0.1) is 7.11 Å². The Bertz CT molecular complexity index is 945. The smallest absolute Gasteiger partial charge is 0.421 e. The number of ether oxygens (including phenoxy) is 2. The molecule has 0 fully saturated rings. The minimum Gasteiger partial charge on any atom is -0.474 e. The van der Waals surface area contributed by atoms with Crippen molar-refractivity contribution in [3.8, 4) is 5.88 Å². The van der Waals surface area contributed by atoms with Crippen molar-refractivity contribution in [1.29, 1.82) is 0 Å².